The van der Waals surface area contributed by atoms with Gasteiger partial charge in [-0.05, 0) is 24.8 Å². The predicted octanol–water partition coefficient (Wildman–Crippen LogP) is 3.30. The minimum atomic E-state index is -0.426. The Morgan fingerprint density at radius 1 is 1.14 bits per heavy atom. The molecule has 5 rings (SSSR count). The normalized spacial score (nSPS) is 18.1. The first-order valence-electron chi connectivity index (χ1n) is 9.49. The van der Waals surface area contributed by atoms with E-state index in [2.05, 4.69) is 9.97 Å². The number of fused-ring (bicyclic) bond motifs is 2. The molecule has 7 heteroatoms. The highest BCUT2D eigenvalue weighted by molar-refractivity contribution is 7.11. The van der Waals surface area contributed by atoms with E-state index in [9.17, 15) is 4.79 Å². The maximum atomic E-state index is 12.6. The van der Waals surface area contributed by atoms with Crippen LogP contribution in [0.1, 0.15) is 33.8 Å². The number of benzene rings is 1. The maximum Gasteiger partial charge on any atom is 0.265 e. The molecule has 0 N–H and O–H groups in total. The molecular formula is C21H20N4O2S. The van der Waals surface area contributed by atoms with E-state index in [0.717, 1.165) is 41.9 Å². The van der Waals surface area contributed by atoms with Crippen molar-refractivity contribution >= 4 is 17.2 Å². The van der Waals surface area contributed by atoms with Gasteiger partial charge in [-0.2, -0.15) is 0 Å². The van der Waals surface area contributed by atoms with Crippen molar-refractivity contribution in [3.8, 4) is 11.4 Å². The van der Waals surface area contributed by atoms with Gasteiger partial charge in [-0.15, -0.1) is 11.3 Å². The molecule has 0 unspecified atom stereocenters. The topological polar surface area (TPSA) is 68.2 Å². The van der Waals surface area contributed by atoms with Crippen LogP contribution in [0.2, 0.25) is 0 Å². The summed E-state index contributed by atoms with van der Waals surface area (Å²) in [6.07, 6.45) is 5.91. The molecule has 1 spiro atoms. The van der Waals surface area contributed by atoms with Crippen LogP contribution in [0.5, 0.6) is 0 Å². The largest absolute Gasteiger partial charge is 0.368 e. The van der Waals surface area contributed by atoms with E-state index in [-0.39, 0.29) is 5.91 Å². The molecule has 2 aliphatic heterocycles. The first-order valence-corrected chi connectivity index (χ1v) is 10.4. The van der Waals surface area contributed by atoms with Gasteiger partial charge in [0, 0.05) is 24.8 Å². The number of amides is 1. The van der Waals surface area contributed by atoms with E-state index < -0.39 is 5.60 Å². The zero-order valence-electron chi connectivity index (χ0n) is 15.4. The highest BCUT2D eigenvalue weighted by Gasteiger charge is 2.43. The summed E-state index contributed by atoms with van der Waals surface area (Å²) < 4.78 is 6.30. The minimum absolute atomic E-state index is 0.0565. The number of rotatable bonds is 2. The van der Waals surface area contributed by atoms with Gasteiger partial charge in [0.1, 0.15) is 10.5 Å². The molecule has 1 fully saturated rings. The summed E-state index contributed by atoms with van der Waals surface area (Å²) in [5.41, 5.74) is 4.43. The molecular weight excluding hydrogens is 372 g/mol. The summed E-state index contributed by atoms with van der Waals surface area (Å²) in [7, 11) is 0. The van der Waals surface area contributed by atoms with E-state index in [0.29, 0.717) is 24.6 Å². The summed E-state index contributed by atoms with van der Waals surface area (Å²) in [6.45, 7) is 1.98. The Bertz CT molecular complexity index is 983. The highest BCUT2D eigenvalue weighted by atomic mass is 32.1. The molecule has 1 saturated heterocycles. The van der Waals surface area contributed by atoms with Crippen LogP contribution in [0, 0.1) is 0 Å². The molecule has 0 bridgehead atoms. The zero-order chi connectivity index (χ0) is 19.0. The molecule has 1 aromatic carbocycles. The summed E-state index contributed by atoms with van der Waals surface area (Å²) in [5.74, 6) is 0.786. The van der Waals surface area contributed by atoms with Gasteiger partial charge >= 0.3 is 0 Å². The second-order valence-corrected chi connectivity index (χ2v) is 8.07. The zero-order valence-corrected chi connectivity index (χ0v) is 16.2. The Hall–Kier alpha value is -2.64. The Morgan fingerprint density at radius 2 is 1.96 bits per heavy atom. The fourth-order valence-electron chi connectivity index (χ4n) is 4.06. The van der Waals surface area contributed by atoms with Gasteiger partial charge in [-0.3, -0.25) is 9.78 Å². The third-order valence-electron chi connectivity index (χ3n) is 5.58. The summed E-state index contributed by atoms with van der Waals surface area (Å²) in [5, 5.41) is 0. The highest BCUT2D eigenvalue weighted by Crippen LogP contribution is 2.41. The molecule has 6 nitrogen and oxygen atoms in total. The number of aromatic nitrogens is 3. The van der Waals surface area contributed by atoms with Crippen LogP contribution < -0.4 is 0 Å². The molecule has 0 saturated carbocycles. The van der Waals surface area contributed by atoms with Crippen molar-refractivity contribution in [1.82, 2.24) is 19.9 Å². The van der Waals surface area contributed by atoms with Crippen LogP contribution in [0.15, 0.2) is 48.2 Å². The van der Waals surface area contributed by atoms with Crippen molar-refractivity contribution < 1.29 is 9.53 Å². The van der Waals surface area contributed by atoms with Crippen molar-refractivity contribution in [2.45, 2.75) is 24.9 Å². The second kappa shape index (κ2) is 7.07. The summed E-state index contributed by atoms with van der Waals surface area (Å²) in [6, 6.07) is 10.0. The Kier molecular flexibility index (Phi) is 4.41. The summed E-state index contributed by atoms with van der Waals surface area (Å²) >= 11 is 1.39. The van der Waals surface area contributed by atoms with Crippen molar-refractivity contribution in [1.29, 1.82) is 0 Å². The monoisotopic (exact) mass is 392 g/mol. The number of nitrogens with zero attached hydrogens (tertiary/aromatic N) is 4. The average Bonchev–Trinajstić information content (AvgIpc) is 3.30. The van der Waals surface area contributed by atoms with E-state index in [1.807, 2.05) is 41.4 Å². The van der Waals surface area contributed by atoms with E-state index in [4.69, 9.17) is 9.72 Å². The quantitative estimate of drug-likeness (QED) is 0.669. The standard InChI is InChI=1S/C21H20N4O2S/c26-20(17-13-22-14-28-17)25-9-7-21(8-10-25)18-16(6-11-27-21)12-23-19(24-18)15-4-2-1-3-5-15/h1-5,12-14H,6-11H2. The van der Waals surface area contributed by atoms with Crippen LogP contribution in [0.4, 0.5) is 0 Å². The fourth-order valence-corrected chi connectivity index (χ4v) is 4.65. The second-order valence-electron chi connectivity index (χ2n) is 7.18. The Labute approximate surface area is 167 Å². The van der Waals surface area contributed by atoms with E-state index in [1.54, 1.807) is 11.7 Å². The van der Waals surface area contributed by atoms with Crippen molar-refractivity contribution in [2.75, 3.05) is 19.7 Å². The van der Waals surface area contributed by atoms with Crippen LogP contribution in [0.3, 0.4) is 0 Å². The summed E-state index contributed by atoms with van der Waals surface area (Å²) in [4.78, 5) is 28.8. The molecule has 0 aliphatic carbocycles. The first-order chi connectivity index (χ1) is 13.8. The molecule has 142 valence electrons. The number of hydrogen-bond donors (Lipinski definition) is 0. The lowest BCUT2D eigenvalue weighted by molar-refractivity contribution is -0.0966. The predicted molar refractivity (Wildman–Crippen MR) is 106 cm³/mol. The van der Waals surface area contributed by atoms with Crippen molar-refractivity contribution in [3.63, 3.8) is 0 Å². The van der Waals surface area contributed by atoms with E-state index >= 15 is 0 Å². The molecule has 0 atom stereocenters. The van der Waals surface area contributed by atoms with Gasteiger partial charge < -0.3 is 9.64 Å². The number of thiazole rings is 1. The Balaban J connectivity index is 1.43. The lowest BCUT2D eigenvalue weighted by Gasteiger charge is -2.44. The third-order valence-corrected chi connectivity index (χ3v) is 6.34. The molecule has 2 aromatic heterocycles. The molecule has 0 radical (unpaired) electrons. The maximum absolute atomic E-state index is 12.6. The minimum Gasteiger partial charge on any atom is -0.368 e. The number of carbonyl (C=O) groups excluding carboxylic acids is 1. The molecule has 1 amide bonds. The van der Waals surface area contributed by atoms with Gasteiger partial charge in [0.15, 0.2) is 5.82 Å². The Morgan fingerprint density at radius 3 is 2.71 bits per heavy atom. The van der Waals surface area contributed by atoms with Crippen LogP contribution in [0.25, 0.3) is 11.4 Å². The third kappa shape index (κ3) is 3.00. The first kappa shape index (κ1) is 17.5. The lowest BCUT2D eigenvalue weighted by Crippen LogP contribution is -2.48. The fraction of sp³-hybridized carbons (Fsp3) is 0.333. The van der Waals surface area contributed by atoms with Gasteiger partial charge in [0.2, 0.25) is 0 Å². The number of carbonyl (C=O) groups is 1. The SMILES string of the molecule is O=C(c1cncs1)N1CCC2(CC1)OCCc1cnc(-c3ccccc3)nc12. The molecule has 28 heavy (non-hydrogen) atoms. The van der Waals surface area contributed by atoms with Crippen LogP contribution in [-0.4, -0.2) is 45.5 Å². The number of ether oxygens (including phenoxy) is 1. The van der Waals surface area contributed by atoms with Crippen LogP contribution in [-0.2, 0) is 16.8 Å². The smallest absolute Gasteiger partial charge is 0.265 e. The molecule has 2 aliphatic rings. The van der Waals surface area contributed by atoms with Crippen molar-refractivity contribution in [2.24, 2.45) is 0 Å². The van der Waals surface area contributed by atoms with Crippen molar-refractivity contribution in [3.05, 3.63) is 64.4 Å². The average molecular weight is 392 g/mol. The van der Waals surface area contributed by atoms with E-state index in [1.165, 1.54) is 11.3 Å². The van der Waals surface area contributed by atoms with Gasteiger partial charge in [-0.1, -0.05) is 30.3 Å². The van der Waals surface area contributed by atoms with Crippen LogP contribution >= 0.6 is 11.3 Å². The molecule has 4 heterocycles. The molecule has 3 aromatic rings. The van der Waals surface area contributed by atoms with Gasteiger partial charge in [0.25, 0.3) is 5.91 Å². The number of hydrogen-bond acceptors (Lipinski definition) is 6. The van der Waals surface area contributed by atoms with Gasteiger partial charge in [-0.25, -0.2) is 9.97 Å². The number of likely N-dealkylation sites (tertiary alicyclic amines) is 1. The number of piperidine rings is 1. The van der Waals surface area contributed by atoms with Gasteiger partial charge in [0.05, 0.1) is 24.0 Å². The lowest BCUT2D eigenvalue weighted by atomic mass is 9.83.